The van der Waals surface area contributed by atoms with E-state index in [4.69, 9.17) is 0 Å². The van der Waals surface area contributed by atoms with Gasteiger partial charge in [-0.25, -0.2) is 0 Å². The zero-order chi connectivity index (χ0) is 14.4. The lowest BCUT2D eigenvalue weighted by molar-refractivity contribution is -0.190. The summed E-state index contributed by atoms with van der Waals surface area (Å²) in [5, 5.41) is 0. The molecule has 0 aromatic rings. The van der Waals surface area contributed by atoms with Gasteiger partial charge in [0.2, 0.25) is 0 Å². The fourth-order valence-electron chi connectivity index (χ4n) is 7.51. The molecule has 0 aromatic carbocycles. The molecule has 8 atom stereocenters. The molecule has 6 aliphatic rings. The first-order valence-corrected chi connectivity index (χ1v) is 9.24. The van der Waals surface area contributed by atoms with Crippen molar-refractivity contribution in [3.05, 3.63) is 0 Å². The van der Waals surface area contributed by atoms with Gasteiger partial charge in [0.1, 0.15) is 0 Å². The van der Waals surface area contributed by atoms with Crippen LogP contribution in [0.25, 0.3) is 0 Å². The van der Waals surface area contributed by atoms with Crippen LogP contribution in [0.5, 0.6) is 0 Å². The lowest BCUT2D eigenvalue weighted by Gasteiger charge is -2.68. The Bertz CT molecular complexity index is 378. The smallest absolute Gasteiger partial charge is 0.0295 e. The summed E-state index contributed by atoms with van der Waals surface area (Å²) < 4.78 is 0. The second kappa shape index (κ2) is 3.85. The Kier molecular flexibility index (Phi) is 2.63. The van der Waals surface area contributed by atoms with Crippen LogP contribution in [0.15, 0.2) is 0 Å². The van der Waals surface area contributed by atoms with Crippen LogP contribution in [-0.4, -0.2) is 0 Å². The van der Waals surface area contributed by atoms with Crippen molar-refractivity contribution in [2.45, 2.75) is 67.2 Å². The molecule has 0 N–H and O–H groups in total. The molecule has 6 rings (SSSR count). The Morgan fingerprint density at radius 2 is 0.950 bits per heavy atom. The normalized spacial score (nSPS) is 58.5. The van der Waals surface area contributed by atoms with Gasteiger partial charge in [-0.05, 0) is 83.9 Å². The van der Waals surface area contributed by atoms with E-state index in [1.807, 2.05) is 0 Å². The minimum absolute atomic E-state index is 0.663. The second-order valence-electron chi connectivity index (χ2n) is 10.2. The Hall–Kier alpha value is 0. The number of hydrogen-bond acceptors (Lipinski definition) is 0. The van der Waals surface area contributed by atoms with Gasteiger partial charge in [0, 0.05) is 0 Å². The van der Waals surface area contributed by atoms with Gasteiger partial charge in [0.05, 0.1) is 0 Å². The minimum atomic E-state index is 0.663. The van der Waals surface area contributed by atoms with Crippen molar-refractivity contribution in [1.82, 2.24) is 0 Å². The lowest BCUT2D eigenvalue weighted by atomic mass is 9.37. The predicted octanol–water partition coefficient (Wildman–Crippen LogP) is 5.62. The molecule has 6 saturated carbocycles. The minimum Gasteiger partial charge on any atom is -0.0619 e. The largest absolute Gasteiger partial charge is 0.0619 e. The fraction of sp³-hybridized carbons (Fsp3) is 1.00. The first kappa shape index (κ1) is 13.6. The molecule has 6 aliphatic carbocycles. The molecule has 0 saturated heterocycles. The van der Waals surface area contributed by atoms with Crippen molar-refractivity contribution in [1.29, 1.82) is 0 Å². The van der Waals surface area contributed by atoms with Gasteiger partial charge in [0.25, 0.3) is 0 Å². The van der Waals surface area contributed by atoms with E-state index in [1.54, 1.807) is 25.7 Å². The third-order valence-electron chi connectivity index (χ3n) is 9.38. The van der Waals surface area contributed by atoms with E-state index >= 15 is 0 Å². The Labute approximate surface area is 126 Å². The summed E-state index contributed by atoms with van der Waals surface area (Å²) in [5.74, 6) is 8.26. The van der Waals surface area contributed by atoms with Crippen LogP contribution in [0.3, 0.4) is 0 Å². The van der Waals surface area contributed by atoms with Crippen LogP contribution in [0.4, 0.5) is 0 Å². The Morgan fingerprint density at radius 3 is 1.20 bits per heavy atom. The quantitative estimate of drug-likeness (QED) is 0.582. The first-order valence-electron chi connectivity index (χ1n) is 9.24. The van der Waals surface area contributed by atoms with Crippen LogP contribution in [0.2, 0.25) is 0 Å². The molecule has 6 fully saturated rings. The van der Waals surface area contributed by atoms with E-state index in [0.717, 1.165) is 47.3 Å². The van der Waals surface area contributed by atoms with Gasteiger partial charge in [-0.1, -0.05) is 41.5 Å². The molecule has 0 nitrogen and oxygen atoms in total. The monoisotopic (exact) mass is 274 g/mol. The number of hydrogen-bond donors (Lipinski definition) is 0. The van der Waals surface area contributed by atoms with Crippen molar-refractivity contribution in [2.24, 2.45) is 58.2 Å². The third kappa shape index (κ3) is 1.45. The molecule has 0 heterocycles. The summed E-state index contributed by atoms with van der Waals surface area (Å²) in [6.07, 6.45) is 6.20. The topological polar surface area (TPSA) is 0 Å². The zero-order valence-corrected chi connectivity index (χ0v) is 14.4. The standard InChI is InChI=1S/C20H34/c1-11-15(7-13-9-17(11)19(13,3)4)16-8-14-10-18(12(16)2)20(14,5)6/h11-18H,7-10H2,1-6H3. The highest BCUT2D eigenvalue weighted by molar-refractivity contribution is 5.11. The van der Waals surface area contributed by atoms with E-state index in [1.165, 1.54) is 0 Å². The summed E-state index contributed by atoms with van der Waals surface area (Å²) >= 11 is 0. The average molecular weight is 274 g/mol. The van der Waals surface area contributed by atoms with E-state index in [0.29, 0.717) is 10.8 Å². The highest BCUT2D eigenvalue weighted by Crippen LogP contribution is 2.69. The zero-order valence-electron chi connectivity index (χ0n) is 14.4. The number of fused-ring (bicyclic) bond motifs is 5. The Balaban J connectivity index is 1.53. The molecule has 0 aromatic heterocycles. The number of rotatable bonds is 1. The van der Waals surface area contributed by atoms with Crippen LogP contribution >= 0.6 is 0 Å². The molecular formula is C20H34. The molecule has 0 radical (unpaired) electrons. The molecule has 8 unspecified atom stereocenters. The average Bonchev–Trinajstić information content (AvgIpc) is 2.38. The summed E-state index contributed by atoms with van der Waals surface area (Å²) in [7, 11) is 0. The van der Waals surface area contributed by atoms with Crippen LogP contribution in [0.1, 0.15) is 67.2 Å². The fourth-order valence-corrected chi connectivity index (χ4v) is 7.51. The van der Waals surface area contributed by atoms with Gasteiger partial charge in [-0.15, -0.1) is 0 Å². The van der Waals surface area contributed by atoms with Crippen molar-refractivity contribution in [3.63, 3.8) is 0 Å². The molecule has 0 amide bonds. The highest BCUT2D eigenvalue weighted by Gasteiger charge is 2.62. The Morgan fingerprint density at radius 1 is 0.600 bits per heavy atom. The van der Waals surface area contributed by atoms with Crippen LogP contribution in [-0.2, 0) is 0 Å². The summed E-state index contributed by atoms with van der Waals surface area (Å²) in [5.41, 5.74) is 1.33. The first-order chi connectivity index (χ1) is 9.24. The van der Waals surface area contributed by atoms with Crippen LogP contribution in [0, 0.1) is 58.2 Å². The summed E-state index contributed by atoms with van der Waals surface area (Å²) in [6.45, 7) is 15.4. The van der Waals surface area contributed by atoms with Crippen molar-refractivity contribution in [2.75, 3.05) is 0 Å². The lowest BCUT2D eigenvalue weighted by Crippen LogP contribution is -2.61. The van der Waals surface area contributed by atoms with Gasteiger partial charge < -0.3 is 0 Å². The highest BCUT2D eigenvalue weighted by atomic mass is 14.7. The van der Waals surface area contributed by atoms with E-state index in [2.05, 4.69) is 41.5 Å². The predicted molar refractivity (Wildman–Crippen MR) is 85.3 cm³/mol. The third-order valence-corrected chi connectivity index (χ3v) is 9.38. The van der Waals surface area contributed by atoms with Crippen molar-refractivity contribution in [3.8, 4) is 0 Å². The van der Waals surface area contributed by atoms with E-state index in [-0.39, 0.29) is 0 Å². The molecular weight excluding hydrogens is 240 g/mol. The van der Waals surface area contributed by atoms with Gasteiger partial charge in [-0.2, -0.15) is 0 Å². The molecule has 114 valence electrons. The summed E-state index contributed by atoms with van der Waals surface area (Å²) in [6, 6.07) is 0. The molecule has 0 aliphatic heterocycles. The van der Waals surface area contributed by atoms with E-state index in [9.17, 15) is 0 Å². The van der Waals surface area contributed by atoms with E-state index < -0.39 is 0 Å². The maximum absolute atomic E-state index is 2.60. The maximum atomic E-state index is 2.60. The molecule has 0 heteroatoms. The molecule has 4 bridgehead atoms. The van der Waals surface area contributed by atoms with Gasteiger partial charge in [-0.3, -0.25) is 0 Å². The molecule has 0 spiro atoms. The van der Waals surface area contributed by atoms with Gasteiger partial charge in [0.15, 0.2) is 0 Å². The van der Waals surface area contributed by atoms with Crippen LogP contribution < -0.4 is 0 Å². The summed E-state index contributed by atoms with van der Waals surface area (Å²) in [4.78, 5) is 0. The SMILES string of the molecule is CC1C(C2CC3CC(C2C)C3(C)C)CC2CC1C2(C)C. The molecule has 20 heavy (non-hydrogen) atoms. The van der Waals surface area contributed by atoms with Gasteiger partial charge >= 0.3 is 0 Å². The van der Waals surface area contributed by atoms with Crippen molar-refractivity contribution < 1.29 is 0 Å². The maximum Gasteiger partial charge on any atom is -0.0295 e. The van der Waals surface area contributed by atoms with Crippen molar-refractivity contribution >= 4 is 0 Å². The second-order valence-corrected chi connectivity index (χ2v) is 10.2.